The van der Waals surface area contributed by atoms with Crippen molar-refractivity contribution in [3.63, 3.8) is 0 Å². The van der Waals surface area contributed by atoms with Crippen molar-refractivity contribution in [2.45, 2.75) is 38.3 Å². The molecule has 0 unspecified atom stereocenters. The van der Waals surface area contributed by atoms with Crippen LogP contribution in [0.25, 0.3) is 0 Å². The summed E-state index contributed by atoms with van der Waals surface area (Å²) >= 11 is 0. The highest BCUT2D eigenvalue weighted by atomic mass is 16.4. The van der Waals surface area contributed by atoms with Crippen molar-refractivity contribution in [3.05, 3.63) is 41.6 Å². The van der Waals surface area contributed by atoms with Crippen molar-refractivity contribution in [1.82, 2.24) is 15.1 Å². The van der Waals surface area contributed by atoms with Crippen LogP contribution in [0.3, 0.4) is 0 Å². The Morgan fingerprint density at radius 2 is 2.18 bits per heavy atom. The summed E-state index contributed by atoms with van der Waals surface area (Å²) in [5.74, 6) is 1.94. The Balaban J connectivity index is 1.60. The third-order valence-corrected chi connectivity index (χ3v) is 3.90. The lowest BCUT2D eigenvalue weighted by Crippen LogP contribution is -2.28. The van der Waals surface area contributed by atoms with Gasteiger partial charge in [0.1, 0.15) is 5.75 Å². The van der Waals surface area contributed by atoms with Crippen LogP contribution in [-0.4, -0.2) is 38.4 Å². The summed E-state index contributed by atoms with van der Waals surface area (Å²) in [5, 5.41) is 28.0. The molecule has 1 atom stereocenters. The first-order valence-corrected chi connectivity index (χ1v) is 7.67. The lowest BCUT2D eigenvalue weighted by Gasteiger charge is -2.22. The minimum absolute atomic E-state index is 0.158. The molecule has 2 N–H and O–H groups in total. The molecule has 6 heteroatoms. The quantitative estimate of drug-likeness (QED) is 0.816. The predicted octanol–water partition coefficient (Wildman–Crippen LogP) is 2.21. The van der Waals surface area contributed by atoms with E-state index in [9.17, 15) is 10.2 Å². The molecule has 0 radical (unpaired) electrons. The van der Waals surface area contributed by atoms with E-state index in [1.165, 1.54) is 0 Å². The highest BCUT2D eigenvalue weighted by Gasteiger charge is 2.29. The second-order valence-electron chi connectivity index (χ2n) is 5.75. The van der Waals surface area contributed by atoms with E-state index in [4.69, 9.17) is 4.42 Å². The van der Waals surface area contributed by atoms with Crippen LogP contribution in [0.5, 0.6) is 5.75 Å². The minimum atomic E-state index is -0.669. The van der Waals surface area contributed by atoms with Gasteiger partial charge in [-0.3, -0.25) is 4.90 Å². The van der Waals surface area contributed by atoms with Gasteiger partial charge in [0.15, 0.2) is 0 Å². The first-order chi connectivity index (χ1) is 10.7. The number of aromatic hydroxyl groups is 1. The van der Waals surface area contributed by atoms with Crippen molar-refractivity contribution >= 4 is 0 Å². The highest BCUT2D eigenvalue weighted by Crippen LogP contribution is 2.39. The minimum Gasteiger partial charge on any atom is -0.508 e. The molecule has 1 aromatic carbocycles. The van der Waals surface area contributed by atoms with E-state index in [1.54, 1.807) is 24.3 Å². The molecule has 0 aliphatic heterocycles. The monoisotopic (exact) mass is 303 g/mol. The summed E-state index contributed by atoms with van der Waals surface area (Å²) < 4.78 is 5.66. The smallest absolute Gasteiger partial charge is 0.230 e. The summed E-state index contributed by atoms with van der Waals surface area (Å²) in [4.78, 5) is 2.04. The van der Waals surface area contributed by atoms with Crippen molar-refractivity contribution in [2.24, 2.45) is 0 Å². The molecular formula is C16H21N3O3. The molecule has 1 aliphatic rings. The Hall–Kier alpha value is -1.92. The molecule has 1 aromatic heterocycles. The van der Waals surface area contributed by atoms with Gasteiger partial charge in [0.05, 0.1) is 12.6 Å². The second kappa shape index (κ2) is 6.46. The van der Waals surface area contributed by atoms with Gasteiger partial charge >= 0.3 is 0 Å². The molecular weight excluding hydrogens is 282 g/mol. The molecule has 0 saturated heterocycles. The summed E-state index contributed by atoms with van der Waals surface area (Å²) in [5.41, 5.74) is 0.697. The maximum atomic E-state index is 10.3. The van der Waals surface area contributed by atoms with Gasteiger partial charge < -0.3 is 14.6 Å². The van der Waals surface area contributed by atoms with E-state index in [0.29, 0.717) is 30.5 Å². The second-order valence-corrected chi connectivity index (χ2v) is 5.75. The number of hydrogen-bond acceptors (Lipinski definition) is 6. The molecule has 1 fully saturated rings. The van der Waals surface area contributed by atoms with Crippen LogP contribution < -0.4 is 0 Å². The number of aliphatic hydroxyl groups excluding tert-OH is 1. The van der Waals surface area contributed by atoms with Gasteiger partial charge in [0.2, 0.25) is 11.8 Å². The number of likely N-dealkylation sites (N-methyl/N-ethyl adjacent to an activating group) is 1. The predicted molar refractivity (Wildman–Crippen MR) is 80.3 cm³/mol. The molecule has 2 aromatic rings. The van der Waals surface area contributed by atoms with E-state index in [-0.39, 0.29) is 5.75 Å². The molecule has 0 amide bonds. The van der Waals surface area contributed by atoms with Crippen molar-refractivity contribution in [1.29, 1.82) is 0 Å². The van der Waals surface area contributed by atoms with E-state index in [0.717, 1.165) is 25.3 Å². The summed E-state index contributed by atoms with van der Waals surface area (Å²) in [6, 6.07) is 6.70. The standard InChI is InChI=1S/C16H21N3O3/c1-2-19(9-14(21)12-4-3-5-13(20)8-12)10-15-17-18-16(22-15)11-6-7-11/h3-5,8,11,14,20-21H,2,6-7,9-10H2,1H3/t14-/m0/s1. The molecule has 0 spiro atoms. The lowest BCUT2D eigenvalue weighted by molar-refractivity contribution is 0.106. The summed E-state index contributed by atoms with van der Waals surface area (Å²) in [6.07, 6.45) is 1.60. The number of phenolic OH excluding ortho intramolecular Hbond substituents is 1. The number of nitrogens with zero attached hydrogens (tertiary/aromatic N) is 3. The Morgan fingerprint density at radius 1 is 1.36 bits per heavy atom. The van der Waals surface area contributed by atoms with Gasteiger partial charge in [-0.25, -0.2) is 0 Å². The normalized spacial score (nSPS) is 16.1. The van der Waals surface area contributed by atoms with E-state index < -0.39 is 6.10 Å². The van der Waals surface area contributed by atoms with Crippen LogP contribution in [-0.2, 0) is 6.54 Å². The molecule has 3 rings (SSSR count). The topological polar surface area (TPSA) is 82.6 Å². The van der Waals surface area contributed by atoms with Gasteiger partial charge in [-0.2, -0.15) is 0 Å². The molecule has 1 heterocycles. The molecule has 22 heavy (non-hydrogen) atoms. The third kappa shape index (κ3) is 3.64. The fraction of sp³-hybridized carbons (Fsp3) is 0.500. The van der Waals surface area contributed by atoms with Crippen LogP contribution >= 0.6 is 0 Å². The zero-order valence-corrected chi connectivity index (χ0v) is 12.6. The largest absolute Gasteiger partial charge is 0.508 e. The van der Waals surface area contributed by atoms with Gasteiger partial charge in [-0.15, -0.1) is 10.2 Å². The van der Waals surface area contributed by atoms with Gasteiger partial charge in [-0.1, -0.05) is 19.1 Å². The number of aromatic nitrogens is 2. The highest BCUT2D eigenvalue weighted by molar-refractivity contribution is 5.28. The number of benzene rings is 1. The zero-order chi connectivity index (χ0) is 15.5. The Morgan fingerprint density at radius 3 is 2.86 bits per heavy atom. The van der Waals surface area contributed by atoms with Gasteiger partial charge in [0.25, 0.3) is 0 Å². The fourth-order valence-electron chi connectivity index (χ4n) is 2.40. The van der Waals surface area contributed by atoms with Gasteiger partial charge in [0, 0.05) is 12.5 Å². The maximum Gasteiger partial charge on any atom is 0.230 e. The van der Waals surface area contributed by atoms with E-state index in [1.807, 2.05) is 11.8 Å². The molecule has 118 valence electrons. The molecule has 1 saturated carbocycles. The van der Waals surface area contributed by atoms with Crippen LogP contribution in [0, 0.1) is 0 Å². The van der Waals surface area contributed by atoms with Crippen LogP contribution in [0.1, 0.15) is 49.1 Å². The SMILES string of the molecule is CCN(Cc1nnc(C2CC2)o1)C[C@H](O)c1cccc(O)c1. The Labute approximate surface area is 129 Å². The van der Waals surface area contributed by atoms with E-state index >= 15 is 0 Å². The number of phenols is 1. The van der Waals surface area contributed by atoms with Crippen LogP contribution in [0.4, 0.5) is 0 Å². The average molecular weight is 303 g/mol. The van der Waals surface area contributed by atoms with Crippen molar-refractivity contribution in [2.75, 3.05) is 13.1 Å². The number of aliphatic hydroxyl groups is 1. The first kappa shape index (κ1) is 15.0. The average Bonchev–Trinajstić information content (AvgIpc) is 3.26. The van der Waals surface area contributed by atoms with Gasteiger partial charge in [-0.05, 0) is 37.1 Å². The Kier molecular flexibility index (Phi) is 4.40. The molecule has 6 nitrogen and oxygen atoms in total. The molecule has 1 aliphatic carbocycles. The Bertz CT molecular complexity index is 625. The first-order valence-electron chi connectivity index (χ1n) is 7.67. The fourth-order valence-corrected chi connectivity index (χ4v) is 2.40. The maximum absolute atomic E-state index is 10.3. The van der Waals surface area contributed by atoms with Crippen LogP contribution in [0.15, 0.2) is 28.7 Å². The number of rotatable bonds is 7. The summed E-state index contributed by atoms with van der Waals surface area (Å²) in [6.45, 7) is 3.75. The number of hydrogen-bond donors (Lipinski definition) is 2. The van der Waals surface area contributed by atoms with E-state index in [2.05, 4.69) is 10.2 Å². The van der Waals surface area contributed by atoms with Crippen LogP contribution in [0.2, 0.25) is 0 Å². The lowest BCUT2D eigenvalue weighted by atomic mass is 10.1. The summed E-state index contributed by atoms with van der Waals surface area (Å²) in [7, 11) is 0. The molecule has 0 bridgehead atoms. The van der Waals surface area contributed by atoms with Crippen molar-refractivity contribution in [3.8, 4) is 5.75 Å². The third-order valence-electron chi connectivity index (χ3n) is 3.90. The van der Waals surface area contributed by atoms with Crippen molar-refractivity contribution < 1.29 is 14.6 Å². The zero-order valence-electron chi connectivity index (χ0n) is 12.6.